The third-order valence-corrected chi connectivity index (χ3v) is 4.46. The lowest BCUT2D eigenvalue weighted by Crippen LogP contribution is -2.33. The topological polar surface area (TPSA) is 20.2 Å². The van der Waals surface area contributed by atoms with Crippen LogP contribution in [0.4, 0.5) is 0 Å². The highest BCUT2D eigenvalue weighted by Gasteiger charge is 2.35. The number of allylic oxidation sites excluding steroid dienone is 1. The average molecular weight is 224 g/mol. The van der Waals surface area contributed by atoms with E-state index in [1.807, 2.05) is 6.08 Å². The van der Waals surface area contributed by atoms with Crippen LogP contribution in [0.5, 0.6) is 0 Å². The van der Waals surface area contributed by atoms with Crippen molar-refractivity contribution in [3.8, 4) is 0 Å². The summed E-state index contributed by atoms with van der Waals surface area (Å²) in [5, 5.41) is 8.85. The maximum atomic E-state index is 8.85. The lowest BCUT2D eigenvalue weighted by atomic mass is 9.62. The molecule has 1 nitrogen and oxygen atoms in total. The van der Waals surface area contributed by atoms with Gasteiger partial charge in [0, 0.05) is 0 Å². The zero-order chi connectivity index (χ0) is 12.2. The molecule has 0 spiro atoms. The molecule has 1 aliphatic rings. The Morgan fingerprint density at radius 3 is 2.69 bits per heavy atom. The lowest BCUT2D eigenvalue weighted by Gasteiger charge is -2.43. The zero-order valence-electron chi connectivity index (χ0n) is 11.4. The fourth-order valence-corrected chi connectivity index (χ4v) is 3.35. The van der Waals surface area contributed by atoms with Gasteiger partial charge in [-0.05, 0) is 43.4 Å². The highest BCUT2D eigenvalue weighted by Crippen LogP contribution is 2.46. The van der Waals surface area contributed by atoms with Crippen LogP contribution in [0.3, 0.4) is 0 Å². The molecule has 1 N–H and O–H groups in total. The lowest BCUT2D eigenvalue weighted by molar-refractivity contribution is 0.0767. The number of rotatable bonds is 4. The van der Waals surface area contributed by atoms with E-state index < -0.39 is 0 Å². The highest BCUT2D eigenvalue weighted by molar-refractivity contribution is 4.99. The molecule has 94 valence electrons. The van der Waals surface area contributed by atoms with E-state index in [0.717, 1.165) is 18.3 Å². The third kappa shape index (κ3) is 3.62. The van der Waals surface area contributed by atoms with Crippen LogP contribution in [0, 0.1) is 17.3 Å². The van der Waals surface area contributed by atoms with E-state index >= 15 is 0 Å². The van der Waals surface area contributed by atoms with Crippen LogP contribution < -0.4 is 0 Å². The summed E-state index contributed by atoms with van der Waals surface area (Å²) in [7, 11) is 0. The van der Waals surface area contributed by atoms with Crippen molar-refractivity contribution in [2.45, 2.75) is 59.8 Å². The van der Waals surface area contributed by atoms with Gasteiger partial charge in [-0.3, -0.25) is 0 Å². The van der Waals surface area contributed by atoms with Crippen LogP contribution in [-0.2, 0) is 0 Å². The summed E-state index contributed by atoms with van der Waals surface area (Å²) in [5.74, 6) is 1.72. The van der Waals surface area contributed by atoms with Crippen molar-refractivity contribution < 1.29 is 5.11 Å². The van der Waals surface area contributed by atoms with Gasteiger partial charge < -0.3 is 5.11 Å². The van der Waals surface area contributed by atoms with Crippen molar-refractivity contribution in [2.75, 3.05) is 6.61 Å². The third-order valence-electron chi connectivity index (χ3n) is 4.46. The van der Waals surface area contributed by atoms with Crippen LogP contribution in [0.2, 0.25) is 0 Å². The number of hydrogen-bond donors (Lipinski definition) is 1. The first kappa shape index (κ1) is 13.8. The van der Waals surface area contributed by atoms with E-state index in [2.05, 4.69) is 27.7 Å². The number of aliphatic hydroxyl groups excluding tert-OH is 1. The quantitative estimate of drug-likeness (QED) is 0.711. The predicted octanol–water partition coefficient (Wildman–Crippen LogP) is 4.17. The van der Waals surface area contributed by atoms with E-state index in [-0.39, 0.29) is 6.61 Å². The highest BCUT2D eigenvalue weighted by atomic mass is 16.2. The van der Waals surface area contributed by atoms with Crippen LogP contribution in [-0.4, -0.2) is 11.7 Å². The second-order valence-electron chi connectivity index (χ2n) is 6.24. The Bertz CT molecular complexity index is 240. The summed E-state index contributed by atoms with van der Waals surface area (Å²) in [6.07, 6.45) is 8.56. The molecule has 1 fully saturated rings. The normalized spacial score (nSPS) is 30.4. The first-order chi connectivity index (χ1) is 7.47. The van der Waals surface area contributed by atoms with Crippen molar-refractivity contribution >= 4 is 0 Å². The first-order valence-electron chi connectivity index (χ1n) is 6.74. The van der Waals surface area contributed by atoms with E-state index in [1.165, 1.54) is 31.3 Å². The summed E-state index contributed by atoms with van der Waals surface area (Å²) in [4.78, 5) is 0. The molecule has 0 radical (unpaired) electrons. The summed E-state index contributed by atoms with van der Waals surface area (Å²) in [6, 6.07) is 0. The molecule has 0 aromatic heterocycles. The standard InChI is InChI=1S/C15H28O/c1-12(9-11-16)7-8-14-13(2)6-5-10-15(14,3)4/h9,13-14,16H,5-8,10-11H2,1-4H3/b12-9+/t13-,14?/m1/s1. The Kier molecular flexibility index (Phi) is 5.04. The maximum Gasteiger partial charge on any atom is 0.0614 e. The number of hydrogen-bond acceptors (Lipinski definition) is 1. The SMILES string of the molecule is C/C(=C\CO)CCC1[C@H](C)CCCC1(C)C. The molecule has 1 rings (SSSR count). The molecule has 0 amide bonds. The maximum absolute atomic E-state index is 8.85. The molecule has 1 saturated carbocycles. The minimum Gasteiger partial charge on any atom is -0.392 e. The van der Waals surface area contributed by atoms with Gasteiger partial charge in [0.1, 0.15) is 0 Å². The minimum atomic E-state index is 0.190. The number of aliphatic hydroxyl groups is 1. The van der Waals surface area contributed by atoms with E-state index in [1.54, 1.807) is 0 Å². The van der Waals surface area contributed by atoms with Crippen LogP contribution >= 0.6 is 0 Å². The second kappa shape index (κ2) is 5.86. The van der Waals surface area contributed by atoms with Crippen molar-refractivity contribution in [3.05, 3.63) is 11.6 Å². The Balaban J connectivity index is 2.53. The smallest absolute Gasteiger partial charge is 0.0614 e. The van der Waals surface area contributed by atoms with Gasteiger partial charge in [0.05, 0.1) is 6.61 Å². The van der Waals surface area contributed by atoms with Crippen molar-refractivity contribution in [1.82, 2.24) is 0 Å². The van der Waals surface area contributed by atoms with Gasteiger partial charge in [0.15, 0.2) is 0 Å². The van der Waals surface area contributed by atoms with E-state index in [4.69, 9.17) is 5.11 Å². The largest absolute Gasteiger partial charge is 0.392 e. The fourth-order valence-electron chi connectivity index (χ4n) is 3.35. The molecule has 0 aromatic rings. The second-order valence-corrected chi connectivity index (χ2v) is 6.24. The van der Waals surface area contributed by atoms with E-state index in [9.17, 15) is 0 Å². The predicted molar refractivity (Wildman–Crippen MR) is 70.4 cm³/mol. The Hall–Kier alpha value is -0.300. The molecular formula is C15H28O. The van der Waals surface area contributed by atoms with Crippen molar-refractivity contribution in [3.63, 3.8) is 0 Å². The fraction of sp³-hybridized carbons (Fsp3) is 0.867. The van der Waals surface area contributed by atoms with Crippen LogP contribution in [0.15, 0.2) is 11.6 Å². The summed E-state index contributed by atoms with van der Waals surface area (Å²) < 4.78 is 0. The summed E-state index contributed by atoms with van der Waals surface area (Å²) >= 11 is 0. The molecule has 0 saturated heterocycles. The average Bonchev–Trinajstić information content (AvgIpc) is 2.16. The van der Waals surface area contributed by atoms with Gasteiger partial charge in [0.25, 0.3) is 0 Å². The molecule has 16 heavy (non-hydrogen) atoms. The van der Waals surface area contributed by atoms with Crippen LogP contribution in [0.25, 0.3) is 0 Å². The molecule has 0 heterocycles. The minimum absolute atomic E-state index is 0.190. The molecular weight excluding hydrogens is 196 g/mol. The Morgan fingerprint density at radius 2 is 2.12 bits per heavy atom. The molecule has 0 bridgehead atoms. The van der Waals surface area contributed by atoms with Crippen LogP contribution in [0.1, 0.15) is 59.8 Å². The molecule has 0 aliphatic heterocycles. The molecule has 1 heteroatoms. The van der Waals surface area contributed by atoms with Gasteiger partial charge in [-0.15, -0.1) is 0 Å². The van der Waals surface area contributed by atoms with Gasteiger partial charge >= 0.3 is 0 Å². The Labute approximate surface area is 101 Å². The van der Waals surface area contributed by atoms with Gasteiger partial charge in [0.2, 0.25) is 0 Å². The molecule has 1 unspecified atom stereocenters. The van der Waals surface area contributed by atoms with Gasteiger partial charge in [-0.25, -0.2) is 0 Å². The van der Waals surface area contributed by atoms with Gasteiger partial charge in [-0.1, -0.05) is 45.3 Å². The van der Waals surface area contributed by atoms with Crippen molar-refractivity contribution in [2.24, 2.45) is 17.3 Å². The molecule has 0 aromatic carbocycles. The monoisotopic (exact) mass is 224 g/mol. The Morgan fingerprint density at radius 1 is 1.44 bits per heavy atom. The van der Waals surface area contributed by atoms with Gasteiger partial charge in [-0.2, -0.15) is 0 Å². The molecule has 1 aliphatic carbocycles. The summed E-state index contributed by atoms with van der Waals surface area (Å²) in [6.45, 7) is 9.60. The molecule has 2 atom stereocenters. The zero-order valence-corrected chi connectivity index (χ0v) is 11.4. The first-order valence-corrected chi connectivity index (χ1v) is 6.74. The van der Waals surface area contributed by atoms with E-state index in [0.29, 0.717) is 5.41 Å². The summed E-state index contributed by atoms with van der Waals surface area (Å²) in [5.41, 5.74) is 1.85. The van der Waals surface area contributed by atoms with Crippen molar-refractivity contribution in [1.29, 1.82) is 0 Å².